The van der Waals surface area contributed by atoms with Crippen LogP contribution >= 0.6 is 12.2 Å². The van der Waals surface area contributed by atoms with E-state index in [2.05, 4.69) is 4.90 Å². The Morgan fingerprint density at radius 3 is 2.72 bits per heavy atom. The van der Waals surface area contributed by atoms with Gasteiger partial charge in [0.05, 0.1) is 5.56 Å². The summed E-state index contributed by atoms with van der Waals surface area (Å²) in [6.45, 7) is 1.49. The van der Waals surface area contributed by atoms with E-state index in [1.807, 2.05) is 13.1 Å². The summed E-state index contributed by atoms with van der Waals surface area (Å²) >= 11 is 4.94. The van der Waals surface area contributed by atoms with Gasteiger partial charge in [0, 0.05) is 32.0 Å². The minimum Gasteiger partial charge on any atom is -0.389 e. The van der Waals surface area contributed by atoms with Gasteiger partial charge < -0.3 is 15.4 Å². The van der Waals surface area contributed by atoms with Gasteiger partial charge in [0.1, 0.15) is 10.8 Å². The lowest BCUT2D eigenvalue weighted by Crippen LogP contribution is -2.37. The third-order valence-corrected chi connectivity index (χ3v) is 3.56. The van der Waals surface area contributed by atoms with Gasteiger partial charge in [-0.2, -0.15) is 0 Å². The van der Waals surface area contributed by atoms with Crippen LogP contribution in [0.15, 0.2) is 18.2 Å². The zero-order valence-electron chi connectivity index (χ0n) is 10.4. The van der Waals surface area contributed by atoms with Crippen molar-refractivity contribution < 1.29 is 9.13 Å². The third kappa shape index (κ3) is 2.62. The van der Waals surface area contributed by atoms with Crippen molar-refractivity contribution in [1.82, 2.24) is 0 Å². The maximum absolute atomic E-state index is 13.8. The highest BCUT2D eigenvalue weighted by atomic mass is 32.1. The quantitative estimate of drug-likeness (QED) is 0.852. The van der Waals surface area contributed by atoms with Crippen LogP contribution < -0.4 is 10.6 Å². The smallest absolute Gasteiger partial charge is 0.135 e. The van der Waals surface area contributed by atoms with Gasteiger partial charge in [-0.15, -0.1) is 0 Å². The van der Waals surface area contributed by atoms with E-state index in [-0.39, 0.29) is 10.8 Å². The Hall–Kier alpha value is -1.20. The SMILES string of the molecule is CN(c1cccc(F)c1C(N)=S)C1CCOCC1. The summed E-state index contributed by atoms with van der Waals surface area (Å²) in [7, 11) is 1.95. The Bertz CT molecular complexity index is 447. The number of hydrogen-bond acceptors (Lipinski definition) is 3. The van der Waals surface area contributed by atoms with Gasteiger partial charge in [0.2, 0.25) is 0 Å². The van der Waals surface area contributed by atoms with Crippen LogP contribution in [0.1, 0.15) is 18.4 Å². The number of halogens is 1. The van der Waals surface area contributed by atoms with Gasteiger partial charge in [-0.05, 0) is 25.0 Å². The molecule has 0 radical (unpaired) electrons. The molecule has 1 heterocycles. The molecule has 1 aliphatic heterocycles. The second-order valence-corrected chi connectivity index (χ2v) is 4.89. The van der Waals surface area contributed by atoms with E-state index in [4.69, 9.17) is 22.7 Å². The summed E-state index contributed by atoms with van der Waals surface area (Å²) in [5.74, 6) is -0.362. The molecule has 2 N–H and O–H groups in total. The zero-order chi connectivity index (χ0) is 13.1. The summed E-state index contributed by atoms with van der Waals surface area (Å²) < 4.78 is 19.1. The fourth-order valence-corrected chi connectivity index (χ4v) is 2.52. The molecule has 0 spiro atoms. The molecule has 2 rings (SSSR count). The number of rotatable bonds is 3. The van der Waals surface area contributed by atoms with Crippen molar-refractivity contribution in [2.75, 3.05) is 25.2 Å². The molecular formula is C13H17FN2OS. The normalized spacial score (nSPS) is 16.6. The van der Waals surface area contributed by atoms with E-state index in [1.54, 1.807) is 6.07 Å². The monoisotopic (exact) mass is 268 g/mol. The molecule has 1 aromatic carbocycles. The van der Waals surface area contributed by atoms with Gasteiger partial charge in [-0.1, -0.05) is 18.3 Å². The van der Waals surface area contributed by atoms with Crippen molar-refractivity contribution in [3.63, 3.8) is 0 Å². The van der Waals surface area contributed by atoms with Crippen LogP contribution in [0.4, 0.5) is 10.1 Å². The van der Waals surface area contributed by atoms with Crippen molar-refractivity contribution in [1.29, 1.82) is 0 Å². The molecule has 0 atom stereocenters. The lowest BCUT2D eigenvalue weighted by atomic mass is 10.0. The van der Waals surface area contributed by atoms with Crippen molar-refractivity contribution in [3.8, 4) is 0 Å². The molecule has 1 saturated heterocycles. The van der Waals surface area contributed by atoms with Crippen molar-refractivity contribution in [2.24, 2.45) is 5.73 Å². The molecule has 5 heteroatoms. The number of ether oxygens (including phenoxy) is 1. The molecule has 18 heavy (non-hydrogen) atoms. The van der Waals surface area contributed by atoms with Crippen LogP contribution in [0, 0.1) is 5.82 Å². The van der Waals surface area contributed by atoms with E-state index in [0.29, 0.717) is 11.6 Å². The number of benzene rings is 1. The third-order valence-electron chi connectivity index (χ3n) is 3.36. The van der Waals surface area contributed by atoms with Gasteiger partial charge in [-0.25, -0.2) is 4.39 Å². The van der Waals surface area contributed by atoms with Crippen molar-refractivity contribution in [3.05, 3.63) is 29.6 Å². The van der Waals surface area contributed by atoms with E-state index in [9.17, 15) is 4.39 Å². The second kappa shape index (κ2) is 5.63. The Balaban J connectivity index is 2.31. The molecule has 0 amide bonds. The molecule has 0 aromatic heterocycles. The molecule has 0 aliphatic carbocycles. The molecule has 3 nitrogen and oxygen atoms in total. The van der Waals surface area contributed by atoms with Crippen LogP contribution in [0.5, 0.6) is 0 Å². The highest BCUT2D eigenvalue weighted by Gasteiger charge is 2.22. The maximum Gasteiger partial charge on any atom is 0.135 e. The molecule has 0 saturated carbocycles. The highest BCUT2D eigenvalue weighted by molar-refractivity contribution is 7.80. The largest absolute Gasteiger partial charge is 0.389 e. The van der Waals surface area contributed by atoms with E-state index in [1.165, 1.54) is 6.07 Å². The fourth-order valence-electron chi connectivity index (χ4n) is 2.32. The van der Waals surface area contributed by atoms with E-state index in [0.717, 1.165) is 31.7 Å². The first-order valence-corrected chi connectivity index (χ1v) is 6.41. The molecule has 0 unspecified atom stereocenters. The Morgan fingerprint density at radius 2 is 2.11 bits per heavy atom. The first-order chi connectivity index (χ1) is 8.61. The lowest BCUT2D eigenvalue weighted by molar-refractivity contribution is 0.0855. The number of thiocarbonyl (C=S) groups is 1. The molecule has 98 valence electrons. The Morgan fingerprint density at radius 1 is 1.44 bits per heavy atom. The van der Waals surface area contributed by atoms with Crippen LogP contribution in [-0.4, -0.2) is 31.3 Å². The van der Waals surface area contributed by atoms with Crippen LogP contribution in [0.3, 0.4) is 0 Å². The fraction of sp³-hybridized carbons (Fsp3) is 0.462. The first-order valence-electron chi connectivity index (χ1n) is 6.00. The molecule has 1 aromatic rings. The minimum absolute atomic E-state index is 0.0991. The first kappa shape index (κ1) is 13.2. The Kier molecular flexibility index (Phi) is 4.14. The number of nitrogens with two attached hydrogens (primary N) is 1. The predicted molar refractivity (Wildman–Crippen MR) is 74.5 cm³/mol. The average Bonchev–Trinajstić information content (AvgIpc) is 2.38. The van der Waals surface area contributed by atoms with Crippen molar-refractivity contribution in [2.45, 2.75) is 18.9 Å². The number of anilines is 1. The maximum atomic E-state index is 13.8. The summed E-state index contributed by atoms with van der Waals surface area (Å²) in [6, 6.07) is 5.26. The van der Waals surface area contributed by atoms with E-state index >= 15 is 0 Å². The summed E-state index contributed by atoms with van der Waals surface area (Å²) in [4.78, 5) is 2.15. The second-order valence-electron chi connectivity index (χ2n) is 4.45. The van der Waals surface area contributed by atoms with Crippen molar-refractivity contribution >= 4 is 22.9 Å². The predicted octanol–water partition coefficient (Wildman–Crippen LogP) is 2.08. The van der Waals surface area contributed by atoms with Gasteiger partial charge in [0.15, 0.2) is 0 Å². The standard InChI is InChI=1S/C13H17FN2OS/c1-16(9-5-7-17-8-6-9)11-4-2-3-10(14)12(11)13(15)18/h2-4,9H,5-8H2,1H3,(H2,15,18). The van der Waals surface area contributed by atoms with Gasteiger partial charge >= 0.3 is 0 Å². The van der Waals surface area contributed by atoms with Gasteiger partial charge in [-0.3, -0.25) is 0 Å². The summed E-state index contributed by atoms with van der Waals surface area (Å²) in [5.41, 5.74) is 6.72. The molecule has 0 bridgehead atoms. The van der Waals surface area contributed by atoms with Crippen LogP contribution in [0.25, 0.3) is 0 Å². The number of nitrogens with zero attached hydrogens (tertiary/aromatic N) is 1. The molecule has 1 fully saturated rings. The molecular weight excluding hydrogens is 251 g/mol. The minimum atomic E-state index is -0.362. The Labute approximate surface area is 112 Å². The van der Waals surface area contributed by atoms with Gasteiger partial charge in [0.25, 0.3) is 0 Å². The average molecular weight is 268 g/mol. The summed E-state index contributed by atoms with van der Waals surface area (Å²) in [6.07, 6.45) is 1.87. The topological polar surface area (TPSA) is 38.5 Å². The van der Waals surface area contributed by atoms with E-state index < -0.39 is 0 Å². The number of hydrogen-bond donors (Lipinski definition) is 1. The van der Waals surface area contributed by atoms with Crippen LogP contribution in [-0.2, 0) is 4.74 Å². The lowest BCUT2D eigenvalue weighted by Gasteiger charge is -2.34. The molecule has 1 aliphatic rings. The van der Waals surface area contributed by atoms with Crippen LogP contribution in [0.2, 0.25) is 0 Å². The summed E-state index contributed by atoms with van der Waals surface area (Å²) in [5, 5.41) is 0. The zero-order valence-corrected chi connectivity index (χ0v) is 11.2. The highest BCUT2D eigenvalue weighted by Crippen LogP contribution is 2.26.